The average Bonchev–Trinajstić information content (AvgIpc) is 3.41. The highest BCUT2D eigenvalue weighted by Gasteiger charge is 2.29. The van der Waals surface area contributed by atoms with Gasteiger partial charge < -0.3 is 19.3 Å². The van der Waals surface area contributed by atoms with Crippen LogP contribution in [0.4, 0.5) is 14.7 Å². The predicted octanol–water partition coefficient (Wildman–Crippen LogP) is 4.35. The number of ether oxygens (including phenoxy) is 2. The molecule has 34 heavy (non-hydrogen) atoms. The summed E-state index contributed by atoms with van der Waals surface area (Å²) in [5, 5.41) is 0. The van der Waals surface area contributed by atoms with Crippen LogP contribution in [0.1, 0.15) is 34.5 Å². The van der Waals surface area contributed by atoms with Crippen LogP contribution < -0.4 is 14.4 Å². The molecule has 0 atom stereocenters. The van der Waals surface area contributed by atoms with Crippen LogP contribution >= 0.6 is 0 Å². The summed E-state index contributed by atoms with van der Waals surface area (Å²) in [6, 6.07) is 10.3. The van der Waals surface area contributed by atoms with Crippen molar-refractivity contribution >= 4 is 11.9 Å². The smallest absolute Gasteiger partial charge is 0.254 e. The Hall–Kier alpha value is -3.75. The Kier molecular flexibility index (Phi) is 6.00. The maximum atomic E-state index is 13.8. The maximum absolute atomic E-state index is 13.8. The SMILES string of the molecule is COc1cccc(C(=O)N2CCc3nc(N4CCCC4)nc(Oc4ccc(F)c(F)c4)c3C2)c1. The average molecular weight is 466 g/mol. The fourth-order valence-electron chi connectivity index (χ4n) is 4.28. The molecule has 1 saturated heterocycles. The molecule has 3 aromatic rings. The zero-order chi connectivity index (χ0) is 23.7. The molecule has 7 nitrogen and oxygen atoms in total. The van der Waals surface area contributed by atoms with Gasteiger partial charge in [0, 0.05) is 37.7 Å². The Morgan fingerprint density at radius 3 is 2.56 bits per heavy atom. The molecule has 0 spiro atoms. The van der Waals surface area contributed by atoms with Crippen LogP contribution in [-0.4, -0.2) is 47.5 Å². The van der Waals surface area contributed by atoms with Crippen LogP contribution in [0.15, 0.2) is 42.5 Å². The molecule has 2 aromatic carbocycles. The fraction of sp³-hybridized carbons (Fsp3) is 0.320. The van der Waals surface area contributed by atoms with E-state index < -0.39 is 11.6 Å². The summed E-state index contributed by atoms with van der Waals surface area (Å²) in [5.41, 5.74) is 1.97. The molecular weight excluding hydrogens is 442 g/mol. The number of hydrogen-bond acceptors (Lipinski definition) is 6. The van der Waals surface area contributed by atoms with Gasteiger partial charge in [0.1, 0.15) is 11.5 Å². The van der Waals surface area contributed by atoms with Crippen molar-refractivity contribution in [3.05, 3.63) is 70.9 Å². The summed E-state index contributed by atoms with van der Waals surface area (Å²) in [6.07, 6.45) is 2.65. The lowest BCUT2D eigenvalue weighted by molar-refractivity contribution is 0.0731. The largest absolute Gasteiger partial charge is 0.497 e. The van der Waals surface area contributed by atoms with Crippen molar-refractivity contribution in [3.8, 4) is 17.4 Å². The van der Waals surface area contributed by atoms with Gasteiger partial charge in [-0.25, -0.2) is 13.8 Å². The van der Waals surface area contributed by atoms with Crippen molar-refractivity contribution in [1.82, 2.24) is 14.9 Å². The number of aromatic nitrogens is 2. The fourth-order valence-corrected chi connectivity index (χ4v) is 4.28. The van der Waals surface area contributed by atoms with E-state index in [4.69, 9.17) is 14.5 Å². The van der Waals surface area contributed by atoms with Gasteiger partial charge in [-0.3, -0.25) is 4.79 Å². The summed E-state index contributed by atoms with van der Waals surface area (Å²) in [6.45, 7) is 2.43. The highest BCUT2D eigenvalue weighted by Crippen LogP contribution is 2.33. The number of rotatable bonds is 5. The number of carbonyl (C=O) groups excluding carboxylic acids is 1. The Morgan fingerprint density at radius 2 is 1.79 bits per heavy atom. The molecule has 1 amide bonds. The molecule has 1 fully saturated rings. The lowest BCUT2D eigenvalue weighted by Gasteiger charge is -2.30. The first-order chi connectivity index (χ1) is 16.5. The van der Waals surface area contributed by atoms with Gasteiger partial charge >= 0.3 is 0 Å². The molecule has 0 saturated carbocycles. The van der Waals surface area contributed by atoms with Crippen LogP contribution in [0.3, 0.4) is 0 Å². The van der Waals surface area contributed by atoms with E-state index in [0.29, 0.717) is 35.8 Å². The molecule has 0 bridgehead atoms. The second kappa shape index (κ2) is 9.24. The maximum Gasteiger partial charge on any atom is 0.254 e. The summed E-state index contributed by atoms with van der Waals surface area (Å²) in [5.74, 6) is -0.568. The number of hydrogen-bond donors (Lipinski definition) is 0. The number of nitrogens with zero attached hydrogens (tertiary/aromatic N) is 4. The van der Waals surface area contributed by atoms with Crippen LogP contribution in [-0.2, 0) is 13.0 Å². The van der Waals surface area contributed by atoms with E-state index >= 15 is 0 Å². The standard InChI is InChI=1S/C25H24F2N4O3/c1-33-17-6-4-5-16(13-17)24(32)31-12-9-22-19(15-31)23(29-25(28-22)30-10-2-3-11-30)34-18-7-8-20(26)21(27)14-18/h4-8,13-14H,2-3,9-12,15H2,1H3. The van der Waals surface area contributed by atoms with E-state index in [0.717, 1.165) is 43.8 Å². The van der Waals surface area contributed by atoms with Crippen molar-refractivity contribution in [2.24, 2.45) is 0 Å². The Labute approximate surface area is 195 Å². The van der Waals surface area contributed by atoms with Crippen molar-refractivity contribution in [1.29, 1.82) is 0 Å². The highest BCUT2D eigenvalue weighted by atomic mass is 19.2. The zero-order valence-corrected chi connectivity index (χ0v) is 18.8. The number of anilines is 1. The van der Waals surface area contributed by atoms with Gasteiger partial charge in [0.25, 0.3) is 5.91 Å². The van der Waals surface area contributed by atoms with Crippen molar-refractivity contribution in [2.45, 2.75) is 25.8 Å². The number of carbonyl (C=O) groups is 1. The minimum absolute atomic E-state index is 0.128. The molecule has 5 rings (SSSR count). The highest BCUT2D eigenvalue weighted by molar-refractivity contribution is 5.94. The van der Waals surface area contributed by atoms with Crippen LogP contribution in [0.5, 0.6) is 17.4 Å². The van der Waals surface area contributed by atoms with Gasteiger partial charge in [0.15, 0.2) is 11.6 Å². The zero-order valence-electron chi connectivity index (χ0n) is 18.8. The number of halogens is 2. The van der Waals surface area contributed by atoms with Crippen LogP contribution in [0.25, 0.3) is 0 Å². The lowest BCUT2D eigenvalue weighted by atomic mass is 10.0. The minimum Gasteiger partial charge on any atom is -0.497 e. The number of fused-ring (bicyclic) bond motifs is 1. The van der Waals surface area contributed by atoms with Gasteiger partial charge in [0.05, 0.1) is 24.9 Å². The topological polar surface area (TPSA) is 67.8 Å². The van der Waals surface area contributed by atoms with Crippen molar-refractivity contribution < 1.29 is 23.0 Å². The van der Waals surface area contributed by atoms with E-state index in [9.17, 15) is 13.6 Å². The Morgan fingerprint density at radius 1 is 0.971 bits per heavy atom. The van der Waals surface area contributed by atoms with Crippen LogP contribution in [0, 0.1) is 11.6 Å². The minimum atomic E-state index is -1.00. The first kappa shape index (κ1) is 22.1. The summed E-state index contributed by atoms with van der Waals surface area (Å²) in [7, 11) is 1.55. The molecule has 0 N–H and O–H groups in total. The Bertz CT molecular complexity index is 1230. The first-order valence-electron chi connectivity index (χ1n) is 11.2. The number of amides is 1. The monoisotopic (exact) mass is 466 g/mol. The summed E-state index contributed by atoms with van der Waals surface area (Å²) < 4.78 is 38.4. The van der Waals surface area contributed by atoms with E-state index in [1.807, 2.05) is 0 Å². The van der Waals surface area contributed by atoms with Crippen molar-refractivity contribution in [3.63, 3.8) is 0 Å². The van der Waals surface area contributed by atoms with Gasteiger partial charge in [0.2, 0.25) is 11.8 Å². The number of benzene rings is 2. The van der Waals surface area contributed by atoms with E-state index in [2.05, 4.69) is 9.88 Å². The van der Waals surface area contributed by atoms with E-state index in [1.165, 1.54) is 6.07 Å². The van der Waals surface area contributed by atoms with Gasteiger partial charge in [-0.05, 0) is 43.2 Å². The van der Waals surface area contributed by atoms with Gasteiger partial charge in [-0.2, -0.15) is 4.98 Å². The molecule has 0 aliphatic carbocycles. The number of methoxy groups -OCH3 is 1. The third-order valence-electron chi connectivity index (χ3n) is 6.11. The second-order valence-electron chi connectivity index (χ2n) is 8.33. The molecule has 2 aliphatic heterocycles. The molecule has 176 valence electrons. The van der Waals surface area contributed by atoms with E-state index in [-0.39, 0.29) is 24.1 Å². The van der Waals surface area contributed by atoms with Crippen LogP contribution in [0.2, 0.25) is 0 Å². The third-order valence-corrected chi connectivity index (χ3v) is 6.11. The quantitative estimate of drug-likeness (QED) is 0.557. The normalized spacial score (nSPS) is 15.3. The molecule has 0 unspecified atom stereocenters. The molecule has 3 heterocycles. The molecule has 2 aliphatic rings. The van der Waals surface area contributed by atoms with Gasteiger partial charge in [-0.15, -0.1) is 0 Å². The lowest BCUT2D eigenvalue weighted by Crippen LogP contribution is -2.37. The molecule has 0 radical (unpaired) electrons. The van der Waals surface area contributed by atoms with Gasteiger partial charge in [-0.1, -0.05) is 6.07 Å². The third kappa shape index (κ3) is 4.37. The van der Waals surface area contributed by atoms with Crippen molar-refractivity contribution in [2.75, 3.05) is 31.6 Å². The summed E-state index contributed by atoms with van der Waals surface area (Å²) in [4.78, 5) is 26.4. The molecule has 9 heteroatoms. The first-order valence-corrected chi connectivity index (χ1v) is 11.2. The predicted molar refractivity (Wildman–Crippen MR) is 121 cm³/mol. The Balaban J connectivity index is 1.48. The molecular formula is C25H24F2N4O3. The second-order valence-corrected chi connectivity index (χ2v) is 8.33. The summed E-state index contributed by atoms with van der Waals surface area (Å²) >= 11 is 0. The van der Waals surface area contributed by atoms with E-state index in [1.54, 1.807) is 36.3 Å². The molecule has 1 aromatic heterocycles.